The molecule has 0 saturated carbocycles. The second-order valence-electron chi connectivity index (χ2n) is 8.00. The van der Waals surface area contributed by atoms with Gasteiger partial charge in [0.15, 0.2) is 0 Å². The molecule has 0 saturated heterocycles. The first-order valence-electron chi connectivity index (χ1n) is 11.0. The molecule has 31 heavy (non-hydrogen) atoms. The number of unbranched alkanes of at least 4 members (excludes halogenated alkanes) is 2. The van der Waals surface area contributed by atoms with Crippen LogP contribution in [0.3, 0.4) is 0 Å². The summed E-state index contributed by atoms with van der Waals surface area (Å²) < 4.78 is 0. The third-order valence-corrected chi connectivity index (χ3v) is 18.5. The Morgan fingerprint density at radius 3 is 1.55 bits per heavy atom. The Morgan fingerprint density at radius 1 is 0.710 bits per heavy atom. The summed E-state index contributed by atoms with van der Waals surface area (Å²) in [4.78, 5) is 0. The van der Waals surface area contributed by atoms with Crippen LogP contribution >= 0.6 is 17.2 Å². The van der Waals surface area contributed by atoms with Gasteiger partial charge < -0.3 is 0 Å². The van der Waals surface area contributed by atoms with E-state index in [9.17, 15) is 0 Å². The van der Waals surface area contributed by atoms with E-state index in [4.69, 9.17) is 17.2 Å². The van der Waals surface area contributed by atoms with Crippen LogP contribution in [0.4, 0.5) is 0 Å². The van der Waals surface area contributed by atoms with E-state index in [1.54, 1.807) is 0 Å². The van der Waals surface area contributed by atoms with Crippen molar-refractivity contribution in [1.29, 1.82) is 0 Å². The number of rotatable bonds is 4. The van der Waals surface area contributed by atoms with Gasteiger partial charge in [0.05, 0.1) is 0 Å². The maximum atomic E-state index is 5.75. The molecule has 0 N–H and O–H groups in total. The molecule has 0 aromatic heterocycles. The molecule has 4 aromatic carbocycles. The van der Waals surface area contributed by atoms with E-state index in [0.29, 0.717) is 0 Å². The number of hydrogen-bond donors (Lipinski definition) is 0. The molecule has 4 rings (SSSR count). The Hall–Kier alpha value is -0.673. The fourth-order valence-electron chi connectivity index (χ4n) is 3.63. The van der Waals surface area contributed by atoms with Gasteiger partial charge in [-0.3, -0.25) is 0 Å². The van der Waals surface area contributed by atoms with Crippen LogP contribution in [0.1, 0.15) is 48.4 Å². The molecule has 0 aliphatic carbocycles. The molecule has 0 spiro atoms. The Balaban J connectivity index is 0.000000167. The van der Waals surface area contributed by atoms with E-state index in [-0.39, 0.29) is 0 Å². The number of fused-ring (bicyclic) bond motifs is 2. The van der Waals surface area contributed by atoms with Gasteiger partial charge in [-0.2, -0.15) is 24.3 Å². The van der Waals surface area contributed by atoms with Crippen molar-refractivity contribution in [1.82, 2.24) is 0 Å². The van der Waals surface area contributed by atoms with Gasteiger partial charge in [-0.1, -0.05) is 37.1 Å². The maximum absolute atomic E-state index is 5.75. The second-order valence-corrected chi connectivity index (χ2v) is 31.6. The normalized spacial score (nSPS) is 10.3. The molecular weight excluding hydrogens is 602 g/mol. The van der Waals surface area contributed by atoms with Gasteiger partial charge in [0.25, 0.3) is 0 Å². The second kappa shape index (κ2) is 13.8. The summed E-state index contributed by atoms with van der Waals surface area (Å²) in [5.41, 5.74) is 5.48. The number of hydrogen-bond acceptors (Lipinski definition) is 0. The zero-order chi connectivity index (χ0) is 22.8. The third-order valence-electron chi connectivity index (χ3n) is 5.54. The van der Waals surface area contributed by atoms with E-state index in [0.717, 1.165) is 6.22 Å². The van der Waals surface area contributed by atoms with Crippen molar-refractivity contribution in [2.75, 3.05) is 0 Å². The molecule has 0 aliphatic heterocycles. The quantitative estimate of drug-likeness (QED) is 0.119. The standard InChI is InChI=1S/2C11H11.C5H11Si.2ClH.Hf/c2*1-8-6-7-9(2)11-5-3-4-10(8)11;1-2-3-4-5-6;;;/h2*3-7H,1-2H3;2-5H2,1H3;2*1H;/q2*-1;;;;+2/p-2. The summed E-state index contributed by atoms with van der Waals surface area (Å²) in [6.07, 6.45) is 4.93. The Labute approximate surface area is 204 Å². The average molecular weight is 635 g/mol. The van der Waals surface area contributed by atoms with Gasteiger partial charge >= 0.3 is 73.3 Å². The van der Waals surface area contributed by atoms with Gasteiger partial charge in [-0.05, 0) is 13.8 Å². The summed E-state index contributed by atoms with van der Waals surface area (Å²) >= 11 is -1.84. The Kier molecular flexibility index (Phi) is 11.8. The van der Waals surface area contributed by atoms with Crippen molar-refractivity contribution >= 4 is 44.9 Å². The predicted octanol–water partition coefficient (Wildman–Crippen LogP) is 9.49. The smallest absolute Gasteiger partial charge is 0.0488 e. The molecule has 0 bridgehead atoms. The summed E-state index contributed by atoms with van der Waals surface area (Å²) in [6.45, 7) is 10.8. The summed E-state index contributed by atoms with van der Waals surface area (Å²) in [5.74, 6) is 0. The molecule has 0 atom stereocenters. The van der Waals surface area contributed by atoms with Crippen LogP contribution in [0, 0.1) is 27.7 Å². The summed E-state index contributed by atoms with van der Waals surface area (Å²) in [5, 5.41) is 5.57. The van der Waals surface area contributed by atoms with E-state index in [1.165, 1.54) is 69.1 Å². The third kappa shape index (κ3) is 8.31. The fraction of sp³-hybridized carbons (Fsp3) is 0.333. The van der Waals surface area contributed by atoms with Crippen LogP contribution in [-0.2, 0) is 17.7 Å². The topological polar surface area (TPSA) is 0 Å². The first-order valence-corrected chi connectivity index (χ1v) is 26.5. The van der Waals surface area contributed by atoms with E-state index >= 15 is 0 Å². The van der Waals surface area contributed by atoms with E-state index in [2.05, 4.69) is 95.3 Å². The largest absolute Gasteiger partial charge is 0.168 e. The van der Waals surface area contributed by atoms with Gasteiger partial charge in [0, 0.05) is 0 Å². The minimum atomic E-state index is -1.84. The maximum Gasteiger partial charge on any atom is -0.0488 e. The van der Waals surface area contributed by atoms with Crippen molar-refractivity contribution < 1.29 is 17.7 Å². The fourth-order valence-corrected chi connectivity index (χ4v) is 12.8. The monoisotopic (exact) mass is 635 g/mol. The van der Waals surface area contributed by atoms with Crippen molar-refractivity contribution in [3.8, 4) is 0 Å². The number of benzene rings is 2. The Bertz CT molecular complexity index is 967. The first kappa shape index (κ1) is 26.6. The van der Waals surface area contributed by atoms with Crippen LogP contribution in [0.15, 0.2) is 60.7 Å². The van der Waals surface area contributed by atoms with Gasteiger partial charge in [-0.25, -0.2) is 0 Å². The molecule has 0 unspecified atom stereocenters. The van der Waals surface area contributed by atoms with Crippen LogP contribution in [0.5, 0.6) is 0 Å². The molecule has 0 heterocycles. The van der Waals surface area contributed by atoms with Crippen molar-refractivity contribution in [3.05, 3.63) is 82.9 Å². The van der Waals surface area contributed by atoms with Crippen LogP contribution in [0.25, 0.3) is 21.5 Å². The van der Waals surface area contributed by atoms with E-state index < -0.39 is 17.7 Å². The number of halogens is 2. The predicted molar refractivity (Wildman–Crippen MR) is 140 cm³/mol. The van der Waals surface area contributed by atoms with Gasteiger partial charge in [0.1, 0.15) is 0 Å². The van der Waals surface area contributed by atoms with Crippen LogP contribution < -0.4 is 0 Å². The average Bonchev–Trinajstić information content (AvgIpc) is 3.43. The van der Waals surface area contributed by atoms with E-state index in [1.807, 2.05) is 0 Å². The molecule has 4 aromatic rings. The molecule has 0 fully saturated rings. The van der Waals surface area contributed by atoms with Crippen LogP contribution in [0.2, 0.25) is 6.04 Å². The SMILES string of the molecule is CCCCC[Si]=[Hf]([Cl])[Cl].Cc1ccc(C)c2[cH-]ccc12.Cc1ccc(C)c2[cH-]ccc12. The van der Waals surface area contributed by atoms with Gasteiger partial charge in [-0.15, -0.1) is 56.9 Å². The molecular formula is C27H33Cl2HfSi-2. The summed E-state index contributed by atoms with van der Waals surface area (Å²) in [6, 6.07) is 23.0. The molecule has 4 heteroatoms. The molecule has 0 nitrogen and oxygen atoms in total. The van der Waals surface area contributed by atoms with Crippen molar-refractivity contribution in [2.24, 2.45) is 0 Å². The van der Waals surface area contributed by atoms with Gasteiger partial charge in [0.2, 0.25) is 0 Å². The molecule has 1 radical (unpaired) electrons. The zero-order valence-electron chi connectivity index (χ0n) is 19.4. The number of aryl methyl sites for hydroxylation is 4. The minimum absolute atomic E-state index is 0.942. The first-order chi connectivity index (χ1) is 14.8. The molecule has 0 aliphatic rings. The molecule has 0 amide bonds. The molecule has 165 valence electrons. The summed E-state index contributed by atoms with van der Waals surface area (Å²) in [7, 11) is 11.5. The van der Waals surface area contributed by atoms with Crippen molar-refractivity contribution in [2.45, 2.75) is 59.9 Å². The van der Waals surface area contributed by atoms with Crippen LogP contribution in [-0.4, -0.2) is 6.22 Å². The Morgan fingerprint density at radius 2 is 1.16 bits per heavy atom. The zero-order valence-corrected chi connectivity index (χ0v) is 25.5. The van der Waals surface area contributed by atoms with Crippen molar-refractivity contribution in [3.63, 3.8) is 0 Å². The minimum Gasteiger partial charge on any atom is -0.168 e.